The Morgan fingerprint density at radius 3 is 2.25 bits per heavy atom. The normalized spacial score (nSPS) is 9.50. The number of rotatable bonds is 2. The summed E-state index contributed by atoms with van der Waals surface area (Å²) in [5.74, 6) is -0.233. The van der Waals surface area contributed by atoms with Gasteiger partial charge in [0.15, 0.2) is 0 Å². The van der Waals surface area contributed by atoms with E-state index in [1.54, 1.807) is 0 Å². The zero-order valence-corrected chi connectivity index (χ0v) is 6.12. The molecule has 0 atom stereocenters. The Kier molecular flexibility index (Phi) is 3.69. The lowest BCUT2D eigenvalue weighted by atomic mass is 10.6. The third-order valence-electron chi connectivity index (χ3n) is 0.358. The van der Waals surface area contributed by atoms with E-state index < -0.39 is 0 Å². The van der Waals surface area contributed by atoms with Crippen LogP contribution in [0.2, 0.25) is 0 Å². The number of carbonyl (C=O) groups excluding carboxylic acids is 1. The molecule has 0 unspecified atom stereocenters. The van der Waals surface area contributed by atoms with E-state index in [4.69, 9.17) is 0 Å². The molecule has 0 aliphatic carbocycles. The topological polar surface area (TPSA) is 26.3 Å². The molecule has 0 saturated heterocycles. The third-order valence-corrected chi connectivity index (χ3v) is 1.07. The lowest BCUT2D eigenvalue weighted by Crippen LogP contribution is -1.94. The first-order chi connectivity index (χ1) is 3.63. The summed E-state index contributed by atoms with van der Waals surface area (Å²) < 4.78 is 4.58. The van der Waals surface area contributed by atoms with Crippen LogP contribution in [-0.4, -0.2) is 11.2 Å². The summed E-state index contributed by atoms with van der Waals surface area (Å²) in [5.41, 5.74) is 0. The maximum atomic E-state index is 10.1. The van der Waals surface area contributed by atoms with Crippen LogP contribution in [0, 0.1) is 0 Å². The fraction of sp³-hybridized carbons (Fsp3) is 0.800. The van der Waals surface area contributed by atoms with Gasteiger partial charge in [-0.05, 0) is 0 Å². The van der Waals surface area contributed by atoms with E-state index in [0.29, 0.717) is 5.25 Å². The van der Waals surface area contributed by atoms with E-state index in [-0.39, 0.29) is 5.97 Å². The minimum atomic E-state index is -0.233. The van der Waals surface area contributed by atoms with Crippen molar-refractivity contribution >= 4 is 18.0 Å². The standard InChI is InChI=1S/C5H10O2S/c1-4(2)8-7-5(3)6/h4H,1-3H3. The monoisotopic (exact) mass is 134 g/mol. The summed E-state index contributed by atoms with van der Waals surface area (Å²) in [6, 6.07) is 0. The van der Waals surface area contributed by atoms with Gasteiger partial charge in [0.05, 0.1) is 12.0 Å². The Balaban J connectivity index is 3.05. The van der Waals surface area contributed by atoms with Crippen LogP contribution >= 0.6 is 12.0 Å². The van der Waals surface area contributed by atoms with Crippen molar-refractivity contribution < 1.29 is 8.98 Å². The van der Waals surface area contributed by atoms with Crippen molar-refractivity contribution in [3.8, 4) is 0 Å². The molecule has 0 saturated carbocycles. The van der Waals surface area contributed by atoms with Gasteiger partial charge in [0.25, 0.3) is 0 Å². The van der Waals surface area contributed by atoms with Gasteiger partial charge in [-0.1, -0.05) is 13.8 Å². The molecule has 0 spiro atoms. The molecule has 3 heteroatoms. The van der Waals surface area contributed by atoms with Crippen LogP contribution in [0.1, 0.15) is 20.8 Å². The zero-order valence-electron chi connectivity index (χ0n) is 5.30. The van der Waals surface area contributed by atoms with Crippen molar-refractivity contribution in [2.75, 3.05) is 0 Å². The van der Waals surface area contributed by atoms with Gasteiger partial charge < -0.3 is 4.18 Å². The molecule has 0 bridgehead atoms. The fourth-order valence-electron chi connectivity index (χ4n) is 0.164. The van der Waals surface area contributed by atoms with E-state index in [1.807, 2.05) is 13.8 Å². The van der Waals surface area contributed by atoms with Crippen molar-refractivity contribution in [3.63, 3.8) is 0 Å². The molecule has 0 fully saturated rings. The van der Waals surface area contributed by atoms with E-state index in [2.05, 4.69) is 4.18 Å². The molecule has 0 rings (SSSR count). The number of hydrogen-bond acceptors (Lipinski definition) is 3. The molecule has 0 aliphatic heterocycles. The molecule has 0 aliphatic rings. The molecule has 48 valence electrons. The minimum absolute atomic E-state index is 0.233. The average molecular weight is 134 g/mol. The van der Waals surface area contributed by atoms with Crippen molar-refractivity contribution in [3.05, 3.63) is 0 Å². The molecule has 2 nitrogen and oxygen atoms in total. The van der Waals surface area contributed by atoms with E-state index >= 15 is 0 Å². The summed E-state index contributed by atoms with van der Waals surface area (Å²) in [6.07, 6.45) is 0. The Hall–Kier alpha value is -0.180. The smallest absolute Gasteiger partial charge is 0.314 e. The van der Waals surface area contributed by atoms with Gasteiger partial charge in [-0.2, -0.15) is 0 Å². The Labute approximate surface area is 53.8 Å². The molecule has 0 radical (unpaired) electrons. The highest BCUT2D eigenvalue weighted by atomic mass is 32.2. The van der Waals surface area contributed by atoms with Crippen LogP contribution in [0.3, 0.4) is 0 Å². The molecule has 0 aromatic rings. The molecule has 0 amide bonds. The van der Waals surface area contributed by atoms with Crippen molar-refractivity contribution in [2.24, 2.45) is 0 Å². The van der Waals surface area contributed by atoms with Gasteiger partial charge >= 0.3 is 5.97 Å². The highest BCUT2D eigenvalue weighted by molar-refractivity contribution is 7.95. The van der Waals surface area contributed by atoms with Gasteiger partial charge in [-0.3, -0.25) is 4.79 Å². The highest BCUT2D eigenvalue weighted by Crippen LogP contribution is 2.09. The second kappa shape index (κ2) is 3.78. The summed E-state index contributed by atoms with van der Waals surface area (Å²) >= 11 is 1.19. The maximum Gasteiger partial charge on any atom is 0.314 e. The zero-order chi connectivity index (χ0) is 6.57. The Morgan fingerprint density at radius 2 is 2.12 bits per heavy atom. The van der Waals surface area contributed by atoms with Crippen molar-refractivity contribution in [1.82, 2.24) is 0 Å². The molecular weight excluding hydrogens is 124 g/mol. The summed E-state index contributed by atoms with van der Waals surface area (Å²) in [4.78, 5) is 10.1. The lowest BCUT2D eigenvalue weighted by Gasteiger charge is -1.99. The SMILES string of the molecule is CC(=O)OSC(C)C. The first-order valence-electron chi connectivity index (χ1n) is 2.47. The second-order valence-electron chi connectivity index (χ2n) is 1.72. The highest BCUT2D eigenvalue weighted by Gasteiger charge is 1.96. The third kappa shape index (κ3) is 5.82. The molecular formula is C5H10O2S. The van der Waals surface area contributed by atoms with Gasteiger partial charge in [0.2, 0.25) is 0 Å². The number of hydrogen-bond donors (Lipinski definition) is 0. The van der Waals surface area contributed by atoms with Crippen LogP contribution in [0.4, 0.5) is 0 Å². The fourth-order valence-corrected chi connectivity index (χ4v) is 0.492. The molecule has 8 heavy (non-hydrogen) atoms. The summed E-state index contributed by atoms with van der Waals surface area (Å²) in [7, 11) is 0. The summed E-state index contributed by atoms with van der Waals surface area (Å²) in [6.45, 7) is 5.33. The minimum Gasteiger partial charge on any atom is -0.391 e. The molecule has 0 aromatic carbocycles. The Bertz CT molecular complexity index is 80.5. The Morgan fingerprint density at radius 1 is 1.62 bits per heavy atom. The summed E-state index contributed by atoms with van der Waals surface area (Å²) in [5, 5.41) is 0.360. The van der Waals surface area contributed by atoms with Crippen LogP contribution in [0.25, 0.3) is 0 Å². The maximum absolute atomic E-state index is 10.1. The van der Waals surface area contributed by atoms with E-state index in [9.17, 15) is 4.79 Å². The first-order valence-corrected chi connectivity index (χ1v) is 3.27. The van der Waals surface area contributed by atoms with Crippen LogP contribution < -0.4 is 0 Å². The molecule has 0 aromatic heterocycles. The predicted molar refractivity (Wildman–Crippen MR) is 34.5 cm³/mol. The molecule has 0 heterocycles. The van der Waals surface area contributed by atoms with Gasteiger partial charge in [-0.15, -0.1) is 0 Å². The first kappa shape index (κ1) is 7.82. The van der Waals surface area contributed by atoms with Gasteiger partial charge in [0, 0.05) is 12.2 Å². The van der Waals surface area contributed by atoms with Crippen molar-refractivity contribution in [2.45, 2.75) is 26.0 Å². The van der Waals surface area contributed by atoms with Gasteiger partial charge in [-0.25, -0.2) is 0 Å². The quantitative estimate of drug-likeness (QED) is 0.537. The van der Waals surface area contributed by atoms with Gasteiger partial charge in [0.1, 0.15) is 0 Å². The number of carbonyl (C=O) groups is 1. The average Bonchev–Trinajstić information content (AvgIpc) is 1.61. The predicted octanol–water partition coefficient (Wildman–Crippen LogP) is 1.61. The molecule has 0 N–H and O–H groups in total. The van der Waals surface area contributed by atoms with Crippen molar-refractivity contribution in [1.29, 1.82) is 0 Å². The second-order valence-corrected chi connectivity index (χ2v) is 3.02. The van der Waals surface area contributed by atoms with Crippen LogP contribution in [-0.2, 0) is 8.98 Å². The van der Waals surface area contributed by atoms with E-state index in [0.717, 1.165) is 0 Å². The van der Waals surface area contributed by atoms with Crippen LogP contribution in [0.15, 0.2) is 0 Å². The largest absolute Gasteiger partial charge is 0.391 e. The lowest BCUT2D eigenvalue weighted by molar-refractivity contribution is -0.130. The van der Waals surface area contributed by atoms with Crippen LogP contribution in [0.5, 0.6) is 0 Å². The van der Waals surface area contributed by atoms with E-state index in [1.165, 1.54) is 19.0 Å².